The van der Waals surface area contributed by atoms with Crippen LogP contribution >= 0.6 is 0 Å². The van der Waals surface area contributed by atoms with Crippen LogP contribution in [0.1, 0.15) is 25.5 Å². The summed E-state index contributed by atoms with van der Waals surface area (Å²) in [6.07, 6.45) is 1.73. The van der Waals surface area contributed by atoms with Crippen molar-refractivity contribution in [3.05, 3.63) is 28.2 Å². The third kappa shape index (κ3) is 1.32. The highest BCUT2D eigenvalue weighted by atomic mass is 16.1. The van der Waals surface area contributed by atoms with Gasteiger partial charge in [-0.25, -0.2) is 0 Å². The van der Waals surface area contributed by atoms with Crippen molar-refractivity contribution in [3.63, 3.8) is 0 Å². The first-order valence-corrected chi connectivity index (χ1v) is 4.64. The molecule has 2 rings (SSSR count). The molecule has 2 heterocycles. The molecular weight excluding hydrogens is 178 g/mol. The van der Waals surface area contributed by atoms with E-state index in [4.69, 9.17) is 0 Å². The van der Waals surface area contributed by atoms with Crippen LogP contribution in [0, 0.1) is 0 Å². The molecule has 4 nitrogen and oxygen atoms in total. The molecule has 74 valence electrons. The van der Waals surface area contributed by atoms with Crippen molar-refractivity contribution in [2.45, 2.75) is 19.8 Å². The lowest BCUT2D eigenvalue weighted by atomic mass is 10.1. The van der Waals surface area contributed by atoms with Crippen LogP contribution in [-0.4, -0.2) is 14.8 Å². The van der Waals surface area contributed by atoms with E-state index in [1.807, 2.05) is 20.9 Å². The minimum Gasteiger partial charge on any atom is -0.341 e. The Morgan fingerprint density at radius 3 is 2.86 bits per heavy atom. The van der Waals surface area contributed by atoms with Crippen LogP contribution in [0.5, 0.6) is 0 Å². The Morgan fingerprint density at radius 2 is 2.21 bits per heavy atom. The van der Waals surface area contributed by atoms with Crippen LogP contribution in [0.3, 0.4) is 0 Å². The minimum atomic E-state index is 0.0375. The molecule has 0 amide bonds. The van der Waals surface area contributed by atoms with Gasteiger partial charge >= 0.3 is 0 Å². The molecule has 2 aromatic rings. The number of aryl methyl sites for hydroxylation is 1. The first-order valence-electron chi connectivity index (χ1n) is 4.64. The molecule has 2 aromatic heterocycles. The smallest absolute Gasteiger partial charge is 0.192 e. The van der Waals surface area contributed by atoms with Gasteiger partial charge in [0.15, 0.2) is 11.1 Å². The van der Waals surface area contributed by atoms with Gasteiger partial charge in [-0.1, -0.05) is 13.8 Å². The third-order valence-electron chi connectivity index (χ3n) is 2.27. The molecule has 0 saturated carbocycles. The first-order chi connectivity index (χ1) is 6.58. The van der Waals surface area contributed by atoms with Crippen molar-refractivity contribution in [2.24, 2.45) is 7.05 Å². The Hall–Kier alpha value is -1.58. The maximum absolute atomic E-state index is 11.6. The number of hydrogen-bond donors (Lipinski definition) is 1. The molecule has 0 aromatic carbocycles. The lowest BCUT2D eigenvalue weighted by molar-refractivity contribution is 0.770. The average Bonchev–Trinajstić information content (AvgIpc) is 2.45. The van der Waals surface area contributed by atoms with Gasteiger partial charge in [0.25, 0.3) is 0 Å². The molecule has 0 aliphatic carbocycles. The molecule has 14 heavy (non-hydrogen) atoms. The summed E-state index contributed by atoms with van der Waals surface area (Å²) in [7, 11) is 1.81. The summed E-state index contributed by atoms with van der Waals surface area (Å²) < 4.78 is 1.65. The highest BCUT2D eigenvalue weighted by Gasteiger charge is 2.07. The van der Waals surface area contributed by atoms with E-state index in [1.54, 1.807) is 16.9 Å². The van der Waals surface area contributed by atoms with Crippen molar-refractivity contribution >= 4 is 11.0 Å². The number of H-pyrrole nitrogens is 1. The van der Waals surface area contributed by atoms with E-state index in [1.165, 1.54) is 0 Å². The number of nitrogens with zero attached hydrogens (tertiary/aromatic N) is 2. The topological polar surface area (TPSA) is 50.7 Å². The Bertz CT molecular complexity index is 522. The zero-order valence-electron chi connectivity index (χ0n) is 8.53. The van der Waals surface area contributed by atoms with Gasteiger partial charge in [0, 0.05) is 25.0 Å². The number of aromatic nitrogens is 3. The molecule has 0 unspecified atom stereocenters. The molecule has 0 bridgehead atoms. The van der Waals surface area contributed by atoms with Gasteiger partial charge in [0.1, 0.15) is 0 Å². The Labute approximate surface area is 81.6 Å². The third-order valence-corrected chi connectivity index (χ3v) is 2.27. The monoisotopic (exact) mass is 191 g/mol. The van der Waals surface area contributed by atoms with E-state index in [0.29, 0.717) is 17.0 Å². The standard InChI is InChI=1S/C10H13N3O/c1-6(2)8-4-9(14)7-5-13(3)12-10(7)11-8/h4-6H,1-3H3,(H,11,12). The SMILES string of the molecule is CC(C)c1cc(=O)c2cn(C)nc2[nH]1. The van der Waals surface area contributed by atoms with Gasteiger partial charge in [0.2, 0.25) is 0 Å². The zero-order chi connectivity index (χ0) is 10.3. The number of pyridine rings is 1. The summed E-state index contributed by atoms with van der Waals surface area (Å²) in [5, 5.41) is 4.83. The number of aromatic amines is 1. The maximum atomic E-state index is 11.6. The van der Waals surface area contributed by atoms with E-state index in [-0.39, 0.29) is 5.43 Å². The van der Waals surface area contributed by atoms with E-state index < -0.39 is 0 Å². The van der Waals surface area contributed by atoms with Gasteiger partial charge in [0.05, 0.1) is 5.39 Å². The summed E-state index contributed by atoms with van der Waals surface area (Å²) >= 11 is 0. The summed E-state index contributed by atoms with van der Waals surface area (Å²) in [4.78, 5) is 14.8. The fourth-order valence-electron chi connectivity index (χ4n) is 1.46. The average molecular weight is 191 g/mol. The van der Waals surface area contributed by atoms with Crippen LogP contribution in [0.4, 0.5) is 0 Å². The Kier molecular flexibility index (Phi) is 1.91. The second-order valence-electron chi connectivity index (χ2n) is 3.81. The normalized spacial score (nSPS) is 11.4. The summed E-state index contributed by atoms with van der Waals surface area (Å²) in [6.45, 7) is 4.08. The highest BCUT2D eigenvalue weighted by molar-refractivity contribution is 5.73. The highest BCUT2D eigenvalue weighted by Crippen LogP contribution is 2.12. The number of hydrogen-bond acceptors (Lipinski definition) is 2. The lowest BCUT2D eigenvalue weighted by Crippen LogP contribution is -2.04. The molecule has 1 N–H and O–H groups in total. The largest absolute Gasteiger partial charge is 0.341 e. The summed E-state index contributed by atoms with van der Waals surface area (Å²) in [5.41, 5.74) is 1.64. The molecule has 4 heteroatoms. The number of rotatable bonds is 1. The van der Waals surface area contributed by atoms with Crippen LogP contribution < -0.4 is 5.43 Å². The van der Waals surface area contributed by atoms with Gasteiger partial charge in [-0.2, -0.15) is 5.10 Å². The molecule has 0 fully saturated rings. The molecule has 0 aliphatic heterocycles. The van der Waals surface area contributed by atoms with Crippen molar-refractivity contribution in [1.29, 1.82) is 0 Å². The number of fused-ring (bicyclic) bond motifs is 1. The lowest BCUT2D eigenvalue weighted by Gasteiger charge is -2.03. The van der Waals surface area contributed by atoms with Gasteiger partial charge < -0.3 is 4.98 Å². The van der Waals surface area contributed by atoms with E-state index in [9.17, 15) is 4.79 Å². The number of nitrogens with one attached hydrogen (secondary N) is 1. The van der Waals surface area contributed by atoms with Gasteiger partial charge in [-0.3, -0.25) is 9.48 Å². The second kappa shape index (κ2) is 2.97. The summed E-state index contributed by atoms with van der Waals surface area (Å²) in [5.74, 6) is 0.314. The van der Waals surface area contributed by atoms with Gasteiger partial charge in [-0.15, -0.1) is 0 Å². The maximum Gasteiger partial charge on any atom is 0.192 e. The fraction of sp³-hybridized carbons (Fsp3) is 0.400. The van der Waals surface area contributed by atoms with Crippen molar-refractivity contribution < 1.29 is 0 Å². The molecule has 0 spiro atoms. The fourth-order valence-corrected chi connectivity index (χ4v) is 1.46. The molecule has 0 radical (unpaired) electrons. The van der Waals surface area contributed by atoms with Crippen molar-refractivity contribution in [3.8, 4) is 0 Å². The van der Waals surface area contributed by atoms with Crippen LogP contribution in [0.25, 0.3) is 11.0 Å². The van der Waals surface area contributed by atoms with E-state index in [2.05, 4.69) is 10.1 Å². The molecule has 0 aliphatic rings. The quantitative estimate of drug-likeness (QED) is 0.740. The van der Waals surface area contributed by atoms with E-state index in [0.717, 1.165) is 5.69 Å². The van der Waals surface area contributed by atoms with Crippen molar-refractivity contribution in [2.75, 3.05) is 0 Å². The van der Waals surface area contributed by atoms with E-state index >= 15 is 0 Å². The minimum absolute atomic E-state index is 0.0375. The van der Waals surface area contributed by atoms with Crippen LogP contribution in [-0.2, 0) is 7.05 Å². The molecule has 0 atom stereocenters. The van der Waals surface area contributed by atoms with Crippen LogP contribution in [0.15, 0.2) is 17.1 Å². The van der Waals surface area contributed by atoms with Crippen LogP contribution in [0.2, 0.25) is 0 Å². The van der Waals surface area contributed by atoms with Crippen molar-refractivity contribution in [1.82, 2.24) is 14.8 Å². The predicted octanol–water partition coefficient (Wildman–Crippen LogP) is 1.39. The summed E-state index contributed by atoms with van der Waals surface area (Å²) in [6, 6.07) is 1.65. The Morgan fingerprint density at radius 1 is 1.50 bits per heavy atom. The second-order valence-corrected chi connectivity index (χ2v) is 3.81. The molecular formula is C10H13N3O. The first kappa shape index (κ1) is 8.99. The molecule has 0 saturated heterocycles. The predicted molar refractivity (Wildman–Crippen MR) is 55.4 cm³/mol. The zero-order valence-corrected chi connectivity index (χ0v) is 8.53. The Balaban J connectivity index is 2.78. The van der Waals surface area contributed by atoms with Gasteiger partial charge in [-0.05, 0) is 5.92 Å².